The van der Waals surface area contributed by atoms with Gasteiger partial charge in [0.2, 0.25) is 0 Å². The molecule has 0 aliphatic rings. The summed E-state index contributed by atoms with van der Waals surface area (Å²) in [5, 5.41) is 11.8. The third-order valence-electron chi connectivity index (χ3n) is 3.96. The minimum Gasteiger partial charge on any atom is -0.497 e. The van der Waals surface area contributed by atoms with E-state index in [1.807, 2.05) is 0 Å². The van der Waals surface area contributed by atoms with E-state index in [0.717, 1.165) is 0 Å². The number of benzene rings is 2. The highest BCUT2D eigenvalue weighted by molar-refractivity contribution is 6.01. The average Bonchev–Trinajstić information content (AvgIpc) is 2.72. The summed E-state index contributed by atoms with van der Waals surface area (Å²) in [7, 11) is 1.53. The first-order valence-corrected chi connectivity index (χ1v) is 8.72. The Bertz CT molecular complexity index is 987. The van der Waals surface area contributed by atoms with E-state index in [1.165, 1.54) is 33.1 Å². The number of ether oxygens (including phenoxy) is 2. The van der Waals surface area contributed by atoms with Crippen LogP contribution in [-0.4, -0.2) is 30.9 Å². The number of hydrogen-bond donors (Lipinski definition) is 1. The van der Waals surface area contributed by atoms with Gasteiger partial charge in [0, 0.05) is 11.3 Å². The minimum atomic E-state index is -1.14. The fourth-order valence-electron chi connectivity index (χ4n) is 2.34. The van der Waals surface area contributed by atoms with Gasteiger partial charge in [-0.2, -0.15) is 5.26 Å². The molecule has 0 fully saturated rings. The Morgan fingerprint density at radius 3 is 2.41 bits per heavy atom. The number of nitrogens with one attached hydrogen (secondary N) is 1. The van der Waals surface area contributed by atoms with Crippen molar-refractivity contribution in [3.05, 3.63) is 65.2 Å². The first-order chi connectivity index (χ1) is 13.8. The molecule has 0 saturated carbocycles. The largest absolute Gasteiger partial charge is 0.497 e. The number of Topliss-reactive ketones (excluding diaryl/α,β-unsaturated/α-hetero) is 1. The molecule has 1 atom stereocenters. The van der Waals surface area contributed by atoms with Crippen LogP contribution in [0.4, 0.5) is 5.69 Å². The van der Waals surface area contributed by atoms with E-state index in [4.69, 9.17) is 9.47 Å². The number of carbonyl (C=O) groups is 3. The number of hydrogen-bond acceptors (Lipinski definition) is 6. The highest BCUT2D eigenvalue weighted by atomic mass is 16.5. The van der Waals surface area contributed by atoms with Crippen LogP contribution in [0.25, 0.3) is 6.08 Å². The molecule has 2 rings (SSSR count). The first kappa shape index (κ1) is 21.4. The Balaban J connectivity index is 2.04. The fraction of sp³-hybridized carbons (Fsp3) is 0.182. The molecular weight excluding hydrogens is 372 g/mol. The lowest BCUT2D eigenvalue weighted by Crippen LogP contribution is -2.30. The zero-order valence-electron chi connectivity index (χ0n) is 16.3. The maximum atomic E-state index is 12.3. The van der Waals surface area contributed by atoms with E-state index in [-0.39, 0.29) is 11.4 Å². The van der Waals surface area contributed by atoms with Crippen molar-refractivity contribution < 1.29 is 23.9 Å². The summed E-state index contributed by atoms with van der Waals surface area (Å²) in [5.41, 5.74) is 1.22. The topological polar surface area (TPSA) is 105 Å². The van der Waals surface area contributed by atoms with Crippen molar-refractivity contribution in [1.29, 1.82) is 5.26 Å². The molecule has 0 aliphatic heterocycles. The van der Waals surface area contributed by atoms with Gasteiger partial charge in [-0.05, 0) is 49.8 Å². The summed E-state index contributed by atoms with van der Waals surface area (Å²) in [6.07, 6.45) is 0.221. The van der Waals surface area contributed by atoms with Crippen LogP contribution in [0.5, 0.6) is 5.75 Å². The van der Waals surface area contributed by atoms with E-state index in [2.05, 4.69) is 5.32 Å². The molecule has 0 radical (unpaired) electrons. The fourth-order valence-corrected chi connectivity index (χ4v) is 2.34. The minimum absolute atomic E-state index is 0.136. The highest BCUT2D eigenvalue weighted by Gasteiger charge is 2.21. The molecule has 0 bridgehead atoms. The van der Waals surface area contributed by atoms with Crippen LogP contribution >= 0.6 is 0 Å². The van der Waals surface area contributed by atoms with Crippen LogP contribution in [0.2, 0.25) is 0 Å². The summed E-state index contributed by atoms with van der Waals surface area (Å²) in [6.45, 7) is 2.81. The van der Waals surface area contributed by atoms with E-state index in [1.54, 1.807) is 48.5 Å². The Morgan fingerprint density at radius 1 is 1.14 bits per heavy atom. The number of methoxy groups -OCH3 is 1. The third kappa shape index (κ3) is 6.04. The van der Waals surface area contributed by atoms with Gasteiger partial charge in [-0.3, -0.25) is 9.59 Å². The standard InChI is InChI=1S/C22H20N2O5/c1-14(25)17-5-4-6-19(12-17)24-21(26)15(2)29-22(27)18(13-23)11-16-7-9-20(28-3)10-8-16/h4-12,15H,1-3H3,(H,24,26)/b18-11+/t15-/m1/s1. The molecule has 2 aromatic carbocycles. The van der Waals surface area contributed by atoms with Crippen molar-refractivity contribution in [1.82, 2.24) is 0 Å². The molecule has 0 unspecified atom stereocenters. The molecule has 0 aliphatic carbocycles. The number of anilines is 1. The number of carbonyl (C=O) groups excluding carboxylic acids is 3. The normalized spacial score (nSPS) is 11.7. The average molecular weight is 392 g/mol. The van der Waals surface area contributed by atoms with Crippen LogP contribution < -0.4 is 10.1 Å². The molecular formula is C22H20N2O5. The van der Waals surface area contributed by atoms with E-state index >= 15 is 0 Å². The lowest BCUT2D eigenvalue weighted by Gasteiger charge is -2.13. The summed E-state index contributed by atoms with van der Waals surface area (Å²) in [5.74, 6) is -0.991. The molecule has 148 valence electrons. The van der Waals surface area contributed by atoms with Crippen molar-refractivity contribution in [2.75, 3.05) is 12.4 Å². The van der Waals surface area contributed by atoms with Gasteiger partial charge in [0.25, 0.3) is 5.91 Å². The third-order valence-corrected chi connectivity index (χ3v) is 3.96. The first-order valence-electron chi connectivity index (χ1n) is 8.72. The molecule has 2 aromatic rings. The Kier molecular flexibility index (Phi) is 7.26. The summed E-state index contributed by atoms with van der Waals surface area (Å²) < 4.78 is 10.2. The molecule has 29 heavy (non-hydrogen) atoms. The quantitative estimate of drug-likeness (QED) is 0.335. The second-order valence-corrected chi connectivity index (χ2v) is 6.12. The molecule has 0 spiro atoms. The zero-order valence-corrected chi connectivity index (χ0v) is 16.3. The lowest BCUT2D eigenvalue weighted by molar-refractivity contribution is -0.148. The van der Waals surface area contributed by atoms with E-state index in [9.17, 15) is 19.6 Å². The second-order valence-electron chi connectivity index (χ2n) is 6.12. The van der Waals surface area contributed by atoms with Gasteiger partial charge in [-0.15, -0.1) is 0 Å². The van der Waals surface area contributed by atoms with Gasteiger partial charge < -0.3 is 14.8 Å². The SMILES string of the molecule is COc1ccc(/C=C(\C#N)C(=O)O[C@H](C)C(=O)Nc2cccc(C(C)=O)c2)cc1. The zero-order chi connectivity index (χ0) is 21.4. The van der Waals surface area contributed by atoms with Crippen LogP contribution in [0.1, 0.15) is 29.8 Å². The van der Waals surface area contributed by atoms with Gasteiger partial charge in [0.1, 0.15) is 17.4 Å². The van der Waals surface area contributed by atoms with Crippen LogP contribution in [-0.2, 0) is 14.3 Å². The monoisotopic (exact) mass is 392 g/mol. The highest BCUT2D eigenvalue weighted by Crippen LogP contribution is 2.15. The number of ketones is 1. The van der Waals surface area contributed by atoms with Crippen LogP contribution in [0, 0.1) is 11.3 Å². The van der Waals surface area contributed by atoms with Gasteiger partial charge in [-0.25, -0.2) is 4.79 Å². The molecule has 0 saturated heterocycles. The Hall–Kier alpha value is -3.92. The predicted octanol–water partition coefficient (Wildman–Crippen LogP) is 3.38. The van der Waals surface area contributed by atoms with Crippen LogP contribution in [0.3, 0.4) is 0 Å². The lowest BCUT2D eigenvalue weighted by atomic mass is 10.1. The second kappa shape index (κ2) is 9.85. The summed E-state index contributed by atoms with van der Waals surface area (Å²) >= 11 is 0. The summed E-state index contributed by atoms with van der Waals surface area (Å²) in [4.78, 5) is 36.0. The van der Waals surface area contributed by atoms with Crippen molar-refractivity contribution in [2.45, 2.75) is 20.0 Å². The Labute approximate surface area is 168 Å². The smallest absolute Gasteiger partial charge is 0.349 e. The Morgan fingerprint density at radius 2 is 1.83 bits per heavy atom. The molecule has 1 amide bonds. The van der Waals surface area contributed by atoms with Crippen molar-refractivity contribution >= 4 is 29.4 Å². The van der Waals surface area contributed by atoms with E-state index < -0.39 is 18.0 Å². The van der Waals surface area contributed by atoms with Gasteiger partial charge in [0.15, 0.2) is 11.9 Å². The number of nitrogens with zero attached hydrogens (tertiary/aromatic N) is 1. The van der Waals surface area contributed by atoms with Gasteiger partial charge >= 0.3 is 5.97 Å². The molecule has 0 aromatic heterocycles. The van der Waals surface area contributed by atoms with Crippen molar-refractivity contribution in [3.8, 4) is 11.8 Å². The van der Waals surface area contributed by atoms with Gasteiger partial charge in [-0.1, -0.05) is 24.3 Å². The van der Waals surface area contributed by atoms with E-state index in [0.29, 0.717) is 22.6 Å². The number of amides is 1. The predicted molar refractivity (Wildman–Crippen MR) is 107 cm³/mol. The molecule has 1 N–H and O–H groups in total. The maximum Gasteiger partial charge on any atom is 0.349 e. The number of esters is 1. The number of nitriles is 1. The molecule has 0 heterocycles. The van der Waals surface area contributed by atoms with Gasteiger partial charge in [0.05, 0.1) is 7.11 Å². The van der Waals surface area contributed by atoms with Crippen molar-refractivity contribution in [2.24, 2.45) is 0 Å². The summed E-state index contributed by atoms with van der Waals surface area (Å²) in [6, 6.07) is 14.9. The van der Waals surface area contributed by atoms with Crippen LogP contribution in [0.15, 0.2) is 54.1 Å². The molecule has 7 nitrogen and oxygen atoms in total. The van der Waals surface area contributed by atoms with Crippen molar-refractivity contribution in [3.63, 3.8) is 0 Å². The molecule has 7 heteroatoms. The number of rotatable bonds is 7. The maximum absolute atomic E-state index is 12.3.